The predicted octanol–water partition coefficient (Wildman–Crippen LogP) is 3.95. The topological polar surface area (TPSA) is 35.0 Å². The molecular formula is C14H18N2OS. The van der Waals surface area contributed by atoms with Gasteiger partial charge in [-0.15, -0.1) is 10.2 Å². The van der Waals surface area contributed by atoms with Gasteiger partial charge in [0.25, 0.3) is 0 Å². The maximum atomic E-state index is 5.42. The van der Waals surface area contributed by atoms with Crippen molar-refractivity contribution in [2.75, 3.05) is 6.61 Å². The van der Waals surface area contributed by atoms with E-state index in [1.807, 2.05) is 31.2 Å². The monoisotopic (exact) mass is 262 g/mol. The van der Waals surface area contributed by atoms with E-state index in [0.717, 1.165) is 27.7 Å². The number of unbranched alkanes of at least 4 members (excludes halogenated alkanes) is 1. The second-order valence-electron chi connectivity index (χ2n) is 4.06. The molecule has 3 nitrogen and oxygen atoms in total. The van der Waals surface area contributed by atoms with E-state index in [4.69, 9.17) is 4.74 Å². The summed E-state index contributed by atoms with van der Waals surface area (Å²) in [6.45, 7) is 4.87. The van der Waals surface area contributed by atoms with E-state index in [-0.39, 0.29) is 0 Å². The molecule has 2 rings (SSSR count). The van der Waals surface area contributed by atoms with Gasteiger partial charge in [0.15, 0.2) is 0 Å². The first-order valence-electron chi connectivity index (χ1n) is 6.39. The molecule has 1 aromatic carbocycles. The molecule has 0 atom stereocenters. The smallest absolute Gasteiger partial charge is 0.147 e. The first-order valence-corrected chi connectivity index (χ1v) is 7.20. The Kier molecular flexibility index (Phi) is 4.70. The highest BCUT2D eigenvalue weighted by atomic mass is 32.1. The van der Waals surface area contributed by atoms with Gasteiger partial charge in [-0.25, -0.2) is 0 Å². The van der Waals surface area contributed by atoms with Gasteiger partial charge in [0.05, 0.1) is 6.61 Å². The van der Waals surface area contributed by atoms with Gasteiger partial charge in [0, 0.05) is 12.0 Å². The van der Waals surface area contributed by atoms with Gasteiger partial charge < -0.3 is 4.74 Å². The average Bonchev–Trinajstić information content (AvgIpc) is 2.86. The highest BCUT2D eigenvalue weighted by molar-refractivity contribution is 7.14. The molecule has 0 spiro atoms. The summed E-state index contributed by atoms with van der Waals surface area (Å²) in [5.41, 5.74) is 1.11. The molecule has 0 radical (unpaired) electrons. The molecule has 0 saturated heterocycles. The van der Waals surface area contributed by atoms with E-state index in [1.54, 1.807) is 11.3 Å². The van der Waals surface area contributed by atoms with Crippen LogP contribution in [0, 0.1) is 0 Å². The summed E-state index contributed by atoms with van der Waals surface area (Å²) >= 11 is 1.68. The van der Waals surface area contributed by atoms with Crippen molar-refractivity contribution in [3.63, 3.8) is 0 Å². The second-order valence-corrected chi connectivity index (χ2v) is 5.12. The number of benzene rings is 1. The Balaban J connectivity index is 2.08. The van der Waals surface area contributed by atoms with Crippen molar-refractivity contribution in [1.29, 1.82) is 0 Å². The molecule has 0 aliphatic carbocycles. The van der Waals surface area contributed by atoms with E-state index in [0.29, 0.717) is 6.61 Å². The minimum Gasteiger partial charge on any atom is -0.494 e. The molecule has 0 fully saturated rings. The highest BCUT2D eigenvalue weighted by Gasteiger charge is 2.06. The van der Waals surface area contributed by atoms with Crippen molar-refractivity contribution < 1.29 is 4.74 Å². The van der Waals surface area contributed by atoms with Crippen molar-refractivity contribution in [3.05, 3.63) is 29.3 Å². The number of rotatable bonds is 6. The molecular weight excluding hydrogens is 244 g/mol. The Labute approximate surface area is 112 Å². The van der Waals surface area contributed by atoms with Crippen LogP contribution in [0.3, 0.4) is 0 Å². The van der Waals surface area contributed by atoms with Crippen LogP contribution in [0.5, 0.6) is 5.75 Å². The number of nitrogens with zero attached hydrogens (tertiary/aromatic N) is 2. The Hall–Kier alpha value is -1.42. The molecule has 0 unspecified atom stereocenters. The standard InChI is InChI=1S/C14H18N2OS/c1-3-5-6-13-15-16-14(18-13)11-7-9-12(10-8-11)17-4-2/h7-10H,3-6H2,1-2H3. The lowest BCUT2D eigenvalue weighted by molar-refractivity contribution is 0.340. The fourth-order valence-corrected chi connectivity index (χ4v) is 2.55. The fourth-order valence-electron chi connectivity index (χ4n) is 1.66. The number of hydrogen-bond acceptors (Lipinski definition) is 4. The lowest BCUT2D eigenvalue weighted by Crippen LogP contribution is -1.90. The molecule has 2 aromatic rings. The second kappa shape index (κ2) is 6.50. The molecule has 0 N–H and O–H groups in total. The molecule has 0 bridgehead atoms. The first kappa shape index (κ1) is 13.0. The largest absolute Gasteiger partial charge is 0.494 e. The van der Waals surface area contributed by atoms with Crippen LogP contribution < -0.4 is 4.74 Å². The van der Waals surface area contributed by atoms with E-state index in [9.17, 15) is 0 Å². The zero-order valence-electron chi connectivity index (χ0n) is 10.8. The summed E-state index contributed by atoms with van der Waals surface area (Å²) in [5, 5.41) is 10.6. The summed E-state index contributed by atoms with van der Waals surface area (Å²) in [6.07, 6.45) is 3.40. The molecule has 0 amide bonds. The van der Waals surface area contributed by atoms with E-state index in [2.05, 4.69) is 17.1 Å². The van der Waals surface area contributed by atoms with Crippen LogP contribution >= 0.6 is 11.3 Å². The van der Waals surface area contributed by atoms with E-state index >= 15 is 0 Å². The van der Waals surface area contributed by atoms with Gasteiger partial charge in [0.2, 0.25) is 0 Å². The van der Waals surface area contributed by atoms with Gasteiger partial charge in [-0.3, -0.25) is 0 Å². The quantitative estimate of drug-likeness (QED) is 0.790. The molecule has 18 heavy (non-hydrogen) atoms. The number of aromatic nitrogens is 2. The minimum absolute atomic E-state index is 0.694. The number of aryl methyl sites for hydroxylation is 1. The molecule has 1 heterocycles. The summed E-state index contributed by atoms with van der Waals surface area (Å²) in [7, 11) is 0. The third-order valence-corrected chi connectivity index (χ3v) is 3.66. The lowest BCUT2D eigenvalue weighted by atomic mass is 10.2. The van der Waals surface area contributed by atoms with Crippen LogP contribution in [0.4, 0.5) is 0 Å². The van der Waals surface area contributed by atoms with Crippen molar-refractivity contribution in [2.24, 2.45) is 0 Å². The summed E-state index contributed by atoms with van der Waals surface area (Å²) in [6, 6.07) is 8.03. The fraction of sp³-hybridized carbons (Fsp3) is 0.429. The number of ether oxygens (including phenoxy) is 1. The van der Waals surface area contributed by atoms with Gasteiger partial charge in [-0.05, 0) is 37.6 Å². The minimum atomic E-state index is 0.694. The third-order valence-electron chi connectivity index (χ3n) is 2.62. The van der Waals surface area contributed by atoms with E-state index in [1.165, 1.54) is 12.8 Å². The number of hydrogen-bond donors (Lipinski definition) is 0. The van der Waals surface area contributed by atoms with Crippen molar-refractivity contribution in [1.82, 2.24) is 10.2 Å². The molecule has 4 heteroatoms. The lowest BCUT2D eigenvalue weighted by Gasteiger charge is -2.02. The maximum absolute atomic E-state index is 5.42. The van der Waals surface area contributed by atoms with Gasteiger partial charge in [0.1, 0.15) is 15.8 Å². The van der Waals surface area contributed by atoms with E-state index < -0.39 is 0 Å². The van der Waals surface area contributed by atoms with Crippen LogP contribution in [-0.4, -0.2) is 16.8 Å². The summed E-state index contributed by atoms with van der Waals surface area (Å²) < 4.78 is 5.42. The molecule has 96 valence electrons. The Morgan fingerprint density at radius 2 is 1.89 bits per heavy atom. The molecule has 0 saturated carbocycles. The van der Waals surface area contributed by atoms with Crippen molar-refractivity contribution in [2.45, 2.75) is 33.1 Å². The van der Waals surface area contributed by atoms with Crippen LogP contribution in [0.1, 0.15) is 31.7 Å². The van der Waals surface area contributed by atoms with Crippen molar-refractivity contribution in [3.8, 4) is 16.3 Å². The maximum Gasteiger partial charge on any atom is 0.147 e. The van der Waals surface area contributed by atoms with Crippen molar-refractivity contribution >= 4 is 11.3 Å². The SMILES string of the molecule is CCCCc1nnc(-c2ccc(OCC)cc2)s1. The average molecular weight is 262 g/mol. The Morgan fingerprint density at radius 1 is 1.11 bits per heavy atom. The van der Waals surface area contributed by atoms with Gasteiger partial charge in [-0.1, -0.05) is 24.7 Å². The molecule has 0 aliphatic heterocycles. The zero-order valence-corrected chi connectivity index (χ0v) is 11.7. The van der Waals surface area contributed by atoms with Gasteiger partial charge >= 0.3 is 0 Å². The zero-order chi connectivity index (χ0) is 12.8. The predicted molar refractivity (Wildman–Crippen MR) is 75.1 cm³/mol. The van der Waals surface area contributed by atoms with Crippen LogP contribution in [-0.2, 0) is 6.42 Å². The molecule has 0 aliphatic rings. The third kappa shape index (κ3) is 3.29. The summed E-state index contributed by atoms with van der Waals surface area (Å²) in [5.74, 6) is 0.900. The normalized spacial score (nSPS) is 10.6. The molecule has 1 aromatic heterocycles. The van der Waals surface area contributed by atoms with Crippen LogP contribution in [0.15, 0.2) is 24.3 Å². The Morgan fingerprint density at radius 3 is 2.56 bits per heavy atom. The van der Waals surface area contributed by atoms with Crippen LogP contribution in [0.2, 0.25) is 0 Å². The Bertz CT molecular complexity index is 479. The van der Waals surface area contributed by atoms with Crippen LogP contribution in [0.25, 0.3) is 10.6 Å². The highest BCUT2D eigenvalue weighted by Crippen LogP contribution is 2.26. The summed E-state index contributed by atoms with van der Waals surface area (Å²) in [4.78, 5) is 0. The first-order chi connectivity index (χ1) is 8.83. The van der Waals surface area contributed by atoms with Gasteiger partial charge in [-0.2, -0.15) is 0 Å².